The molecule has 0 bridgehead atoms. The number of aliphatic hydroxyl groups excluding tert-OH is 1. The number of nitrogens with zero attached hydrogens (tertiary/aromatic N) is 1. The van der Waals surface area contributed by atoms with Crippen LogP contribution in [-0.2, 0) is 0 Å². The fraction of sp³-hybridized carbons (Fsp3) is 0.571. The first-order chi connectivity index (χ1) is 5.11. The third-order valence-corrected chi connectivity index (χ3v) is 2.60. The number of aromatic nitrogens is 1. The van der Waals surface area contributed by atoms with Crippen LogP contribution in [-0.4, -0.2) is 15.5 Å². The highest BCUT2D eigenvalue weighted by molar-refractivity contribution is 7.09. The van der Waals surface area contributed by atoms with Gasteiger partial charge in [-0.2, -0.15) is 0 Å². The van der Waals surface area contributed by atoms with Gasteiger partial charge in [0.15, 0.2) is 0 Å². The number of hydrogen-bond donors (Lipinski definition) is 1. The lowest BCUT2D eigenvalue weighted by Gasteiger charge is -2.07. The zero-order valence-corrected chi connectivity index (χ0v) is 7.99. The minimum Gasteiger partial charge on any atom is -0.384 e. The number of thiazole rings is 1. The minimum atomic E-state index is -0.629. The average molecular weight is 192 g/mol. The van der Waals surface area contributed by atoms with Crippen molar-refractivity contribution in [1.82, 2.24) is 4.98 Å². The fourth-order valence-electron chi connectivity index (χ4n) is 0.704. The van der Waals surface area contributed by atoms with Crippen LogP contribution < -0.4 is 0 Å². The third kappa shape index (κ3) is 2.15. The van der Waals surface area contributed by atoms with Crippen LogP contribution in [0.25, 0.3) is 0 Å². The first-order valence-electron chi connectivity index (χ1n) is 3.35. The highest BCUT2D eigenvalue weighted by Crippen LogP contribution is 2.23. The highest BCUT2D eigenvalue weighted by Gasteiger charge is 2.16. The minimum absolute atomic E-state index is 0.277. The van der Waals surface area contributed by atoms with Crippen LogP contribution in [0.5, 0.6) is 0 Å². The van der Waals surface area contributed by atoms with Gasteiger partial charge >= 0.3 is 0 Å². The summed E-state index contributed by atoms with van der Waals surface area (Å²) in [5, 5.41) is 11.7. The van der Waals surface area contributed by atoms with Crippen LogP contribution in [0.15, 0.2) is 5.38 Å². The van der Waals surface area contributed by atoms with E-state index in [1.165, 1.54) is 11.3 Å². The summed E-state index contributed by atoms with van der Waals surface area (Å²) in [4.78, 5) is 4.12. The SMILES string of the molecule is Cc1csc(C(O)C(C)Cl)n1. The molecule has 1 aromatic rings. The van der Waals surface area contributed by atoms with E-state index in [9.17, 15) is 5.11 Å². The van der Waals surface area contributed by atoms with E-state index in [0.29, 0.717) is 5.01 Å². The lowest BCUT2D eigenvalue weighted by molar-refractivity contribution is 0.176. The topological polar surface area (TPSA) is 33.1 Å². The maximum atomic E-state index is 9.43. The van der Waals surface area contributed by atoms with Crippen LogP contribution in [0.3, 0.4) is 0 Å². The van der Waals surface area contributed by atoms with E-state index in [4.69, 9.17) is 11.6 Å². The van der Waals surface area contributed by atoms with E-state index in [0.717, 1.165) is 5.69 Å². The molecule has 1 aromatic heterocycles. The summed E-state index contributed by atoms with van der Waals surface area (Å²) in [5.41, 5.74) is 0.932. The van der Waals surface area contributed by atoms with Crippen molar-refractivity contribution in [3.05, 3.63) is 16.1 Å². The van der Waals surface area contributed by atoms with Crippen molar-refractivity contribution in [2.45, 2.75) is 25.3 Å². The number of halogens is 1. The molecule has 1 heterocycles. The van der Waals surface area contributed by atoms with Crippen molar-refractivity contribution in [3.8, 4) is 0 Å². The Labute approximate surface area is 74.8 Å². The monoisotopic (exact) mass is 191 g/mol. The number of alkyl halides is 1. The Balaban J connectivity index is 2.76. The van der Waals surface area contributed by atoms with Crippen LogP contribution in [0, 0.1) is 6.92 Å². The Morgan fingerprint density at radius 2 is 2.36 bits per heavy atom. The van der Waals surface area contributed by atoms with Crippen LogP contribution >= 0.6 is 22.9 Å². The molecule has 0 saturated carbocycles. The Hall–Kier alpha value is -0.120. The van der Waals surface area contributed by atoms with Crippen LogP contribution in [0.2, 0.25) is 0 Å². The van der Waals surface area contributed by atoms with E-state index in [1.54, 1.807) is 6.92 Å². The molecule has 0 spiro atoms. The summed E-state index contributed by atoms with van der Waals surface area (Å²) in [6, 6.07) is 0. The molecule has 0 aromatic carbocycles. The standard InChI is InChI=1S/C7H10ClNOS/c1-4-3-11-7(9-4)6(10)5(2)8/h3,5-6,10H,1-2H3. The molecule has 0 radical (unpaired) electrons. The van der Waals surface area contributed by atoms with E-state index in [-0.39, 0.29) is 5.38 Å². The van der Waals surface area contributed by atoms with Gasteiger partial charge in [0, 0.05) is 11.1 Å². The number of rotatable bonds is 2. The Bertz CT molecular complexity index is 236. The van der Waals surface area contributed by atoms with Gasteiger partial charge in [-0.25, -0.2) is 4.98 Å². The molecule has 0 saturated heterocycles. The lowest BCUT2D eigenvalue weighted by atomic mass is 10.3. The van der Waals surface area contributed by atoms with Crippen LogP contribution in [0.1, 0.15) is 23.7 Å². The first-order valence-corrected chi connectivity index (χ1v) is 4.67. The van der Waals surface area contributed by atoms with Crippen molar-refractivity contribution in [2.24, 2.45) is 0 Å². The summed E-state index contributed by atoms with van der Waals surface area (Å²) in [6.45, 7) is 3.65. The largest absolute Gasteiger partial charge is 0.384 e. The molecule has 0 aliphatic heterocycles. The Morgan fingerprint density at radius 1 is 1.73 bits per heavy atom. The second-order valence-corrected chi connectivity index (χ2v) is 4.03. The average Bonchev–Trinajstić information content (AvgIpc) is 2.34. The van der Waals surface area contributed by atoms with Gasteiger partial charge in [0.2, 0.25) is 0 Å². The summed E-state index contributed by atoms with van der Waals surface area (Å²) in [5.74, 6) is 0. The van der Waals surface area contributed by atoms with Crippen molar-refractivity contribution in [2.75, 3.05) is 0 Å². The second kappa shape index (κ2) is 3.52. The van der Waals surface area contributed by atoms with E-state index >= 15 is 0 Å². The normalized spacial score (nSPS) is 16.4. The van der Waals surface area contributed by atoms with Gasteiger partial charge in [0.05, 0.1) is 5.38 Å². The first kappa shape index (κ1) is 8.97. The highest BCUT2D eigenvalue weighted by atomic mass is 35.5. The molecule has 0 aliphatic carbocycles. The molecule has 0 fully saturated rings. The van der Waals surface area contributed by atoms with Crippen LogP contribution in [0.4, 0.5) is 0 Å². The predicted molar refractivity (Wildman–Crippen MR) is 47.1 cm³/mol. The van der Waals surface area contributed by atoms with Crippen molar-refractivity contribution < 1.29 is 5.11 Å². The van der Waals surface area contributed by atoms with E-state index in [2.05, 4.69) is 4.98 Å². The quantitative estimate of drug-likeness (QED) is 0.727. The molecular formula is C7H10ClNOS. The maximum absolute atomic E-state index is 9.43. The van der Waals surface area contributed by atoms with Gasteiger partial charge in [-0.15, -0.1) is 22.9 Å². The number of aryl methyl sites for hydroxylation is 1. The summed E-state index contributed by atoms with van der Waals surface area (Å²) in [6.07, 6.45) is -0.629. The zero-order chi connectivity index (χ0) is 8.43. The Morgan fingerprint density at radius 3 is 2.73 bits per heavy atom. The number of aliphatic hydroxyl groups is 1. The Kier molecular flexibility index (Phi) is 2.87. The van der Waals surface area contributed by atoms with Crippen molar-refractivity contribution in [1.29, 1.82) is 0 Å². The fourth-order valence-corrected chi connectivity index (χ4v) is 1.78. The second-order valence-electron chi connectivity index (χ2n) is 2.45. The molecule has 0 aliphatic rings. The van der Waals surface area contributed by atoms with Gasteiger partial charge in [-0.1, -0.05) is 0 Å². The van der Waals surface area contributed by atoms with Gasteiger partial charge < -0.3 is 5.11 Å². The summed E-state index contributed by atoms with van der Waals surface area (Å²) in [7, 11) is 0. The molecule has 62 valence electrons. The molecule has 2 nitrogen and oxygen atoms in total. The summed E-state index contributed by atoms with van der Waals surface area (Å²) < 4.78 is 0. The van der Waals surface area contributed by atoms with E-state index in [1.807, 2.05) is 12.3 Å². The molecule has 0 amide bonds. The van der Waals surface area contributed by atoms with E-state index < -0.39 is 6.10 Å². The predicted octanol–water partition coefficient (Wildman–Crippen LogP) is 2.11. The number of hydrogen-bond acceptors (Lipinski definition) is 3. The van der Waals surface area contributed by atoms with Crippen molar-refractivity contribution in [3.63, 3.8) is 0 Å². The van der Waals surface area contributed by atoms with Crippen molar-refractivity contribution >= 4 is 22.9 Å². The molecule has 2 atom stereocenters. The molecular weight excluding hydrogens is 182 g/mol. The van der Waals surface area contributed by atoms with Gasteiger partial charge in [-0.05, 0) is 13.8 Å². The lowest BCUT2D eigenvalue weighted by Crippen LogP contribution is -2.07. The molecule has 1 rings (SSSR count). The van der Waals surface area contributed by atoms with Gasteiger partial charge in [0.25, 0.3) is 0 Å². The van der Waals surface area contributed by atoms with Gasteiger partial charge in [-0.3, -0.25) is 0 Å². The molecule has 11 heavy (non-hydrogen) atoms. The smallest absolute Gasteiger partial charge is 0.123 e. The molecule has 1 N–H and O–H groups in total. The molecule has 2 unspecified atom stereocenters. The summed E-state index contributed by atoms with van der Waals surface area (Å²) >= 11 is 7.13. The third-order valence-electron chi connectivity index (χ3n) is 1.32. The maximum Gasteiger partial charge on any atom is 0.123 e. The van der Waals surface area contributed by atoms with Gasteiger partial charge in [0.1, 0.15) is 11.1 Å². The molecule has 4 heteroatoms. The zero-order valence-electron chi connectivity index (χ0n) is 6.41.